The van der Waals surface area contributed by atoms with Crippen molar-refractivity contribution in [3.05, 3.63) is 71.8 Å². The molecule has 2 aromatic rings. The second-order valence-electron chi connectivity index (χ2n) is 9.74. The van der Waals surface area contributed by atoms with Crippen molar-refractivity contribution in [3.63, 3.8) is 0 Å². The van der Waals surface area contributed by atoms with Crippen molar-refractivity contribution in [2.75, 3.05) is 13.7 Å². The molecule has 0 aliphatic carbocycles. The second-order valence-corrected chi connectivity index (χ2v) is 9.74. The van der Waals surface area contributed by atoms with Crippen molar-refractivity contribution in [1.82, 2.24) is 15.5 Å². The van der Waals surface area contributed by atoms with Crippen LogP contribution in [0, 0.1) is 5.92 Å². The van der Waals surface area contributed by atoms with Crippen molar-refractivity contribution >= 4 is 23.7 Å². The minimum Gasteiger partial charge on any atom is -0.467 e. The number of hydrogen-bond acceptors (Lipinski definition) is 5. The molecule has 37 heavy (non-hydrogen) atoms. The van der Waals surface area contributed by atoms with Gasteiger partial charge < -0.3 is 20.3 Å². The number of benzene rings is 2. The van der Waals surface area contributed by atoms with E-state index in [2.05, 4.69) is 10.6 Å². The molecule has 1 saturated heterocycles. The van der Waals surface area contributed by atoms with E-state index in [1.165, 1.54) is 7.11 Å². The Morgan fingerprint density at radius 3 is 2.22 bits per heavy atom. The fourth-order valence-electron chi connectivity index (χ4n) is 4.48. The number of likely N-dealkylation sites (tertiary alicyclic amines) is 1. The molecule has 0 bridgehead atoms. The highest BCUT2D eigenvalue weighted by molar-refractivity contribution is 5.91. The minimum absolute atomic E-state index is 0.102. The van der Waals surface area contributed by atoms with Gasteiger partial charge in [-0.3, -0.25) is 14.4 Å². The highest BCUT2D eigenvalue weighted by atomic mass is 16.5. The number of carbonyl (C=O) groups excluding carboxylic acids is 4. The molecule has 8 heteroatoms. The summed E-state index contributed by atoms with van der Waals surface area (Å²) in [7, 11) is 1.28. The van der Waals surface area contributed by atoms with Crippen LogP contribution in [0.5, 0.6) is 0 Å². The summed E-state index contributed by atoms with van der Waals surface area (Å²) in [6.07, 6.45) is 2.33. The average molecular weight is 508 g/mol. The fourth-order valence-corrected chi connectivity index (χ4v) is 4.48. The first kappa shape index (κ1) is 27.9. The van der Waals surface area contributed by atoms with E-state index in [0.717, 1.165) is 11.1 Å². The maximum atomic E-state index is 13.1. The lowest BCUT2D eigenvalue weighted by Gasteiger charge is -2.41. The Bertz CT molecular complexity index is 1060. The number of hydrogen-bond donors (Lipinski definition) is 2. The van der Waals surface area contributed by atoms with Gasteiger partial charge in [0.05, 0.1) is 19.6 Å². The van der Waals surface area contributed by atoms with E-state index in [1.54, 1.807) is 0 Å². The van der Waals surface area contributed by atoms with Crippen LogP contribution >= 0.6 is 0 Å². The van der Waals surface area contributed by atoms with Crippen LogP contribution in [0.15, 0.2) is 60.7 Å². The molecule has 3 atom stereocenters. The molecule has 1 unspecified atom stereocenters. The molecule has 3 amide bonds. The Hall–Kier alpha value is -3.68. The highest BCUT2D eigenvalue weighted by Crippen LogP contribution is 2.34. The lowest BCUT2D eigenvalue weighted by atomic mass is 9.93. The van der Waals surface area contributed by atoms with E-state index in [9.17, 15) is 19.2 Å². The maximum absolute atomic E-state index is 13.1. The number of nitrogens with one attached hydrogen (secondary N) is 2. The van der Waals surface area contributed by atoms with Gasteiger partial charge in [0.1, 0.15) is 12.1 Å². The standard InChI is InChI=1S/C29H37N3O5/c1-20(2)27(29(36)37-3)31-28(35)23(18-21-12-6-4-7-13-21)30-25(33)16-10-11-17-32-24(19-26(32)34)22-14-8-5-9-15-22/h4-9,12-15,20,23-24,27H,10-11,16-19H2,1-3H3,(H,30,33)(H,31,35)/t23-,24?,27-/m0/s1. The molecule has 8 nitrogen and oxygen atoms in total. The van der Waals surface area contributed by atoms with E-state index in [-0.39, 0.29) is 30.2 Å². The smallest absolute Gasteiger partial charge is 0.328 e. The summed E-state index contributed by atoms with van der Waals surface area (Å²) in [5.41, 5.74) is 2.02. The Balaban J connectivity index is 1.54. The third kappa shape index (κ3) is 7.90. The van der Waals surface area contributed by atoms with Crippen molar-refractivity contribution in [2.24, 2.45) is 5.92 Å². The summed E-state index contributed by atoms with van der Waals surface area (Å²) in [5, 5.41) is 5.59. The van der Waals surface area contributed by atoms with Crippen molar-refractivity contribution in [3.8, 4) is 0 Å². The molecule has 1 heterocycles. The van der Waals surface area contributed by atoms with Crippen LogP contribution in [0.3, 0.4) is 0 Å². The molecule has 0 saturated carbocycles. The molecule has 0 radical (unpaired) electrons. The molecular weight excluding hydrogens is 470 g/mol. The van der Waals surface area contributed by atoms with Gasteiger partial charge in [-0.2, -0.15) is 0 Å². The third-order valence-electron chi connectivity index (χ3n) is 6.66. The zero-order valence-electron chi connectivity index (χ0n) is 21.8. The Kier molecular flexibility index (Phi) is 10.2. The Labute approximate surface area is 218 Å². The van der Waals surface area contributed by atoms with Crippen LogP contribution in [0.2, 0.25) is 0 Å². The molecule has 3 rings (SSSR count). The number of esters is 1. The number of β-lactam (4-membered cyclic amide) rings is 1. The van der Waals surface area contributed by atoms with Crippen LogP contribution in [-0.4, -0.2) is 54.3 Å². The first-order valence-electron chi connectivity index (χ1n) is 12.9. The van der Waals surface area contributed by atoms with Gasteiger partial charge in [-0.05, 0) is 29.9 Å². The van der Waals surface area contributed by atoms with Gasteiger partial charge in [0, 0.05) is 19.4 Å². The number of methoxy groups -OCH3 is 1. The van der Waals surface area contributed by atoms with Gasteiger partial charge in [-0.1, -0.05) is 74.5 Å². The average Bonchev–Trinajstić information content (AvgIpc) is 2.90. The van der Waals surface area contributed by atoms with E-state index >= 15 is 0 Å². The molecule has 1 fully saturated rings. The maximum Gasteiger partial charge on any atom is 0.328 e. The Morgan fingerprint density at radius 1 is 0.973 bits per heavy atom. The fraction of sp³-hybridized carbons (Fsp3) is 0.448. The molecule has 1 aliphatic heterocycles. The third-order valence-corrected chi connectivity index (χ3v) is 6.66. The molecule has 198 valence electrons. The van der Waals surface area contributed by atoms with Crippen molar-refractivity contribution in [1.29, 1.82) is 0 Å². The van der Waals surface area contributed by atoms with Crippen molar-refractivity contribution < 1.29 is 23.9 Å². The summed E-state index contributed by atoms with van der Waals surface area (Å²) in [6, 6.07) is 17.8. The van der Waals surface area contributed by atoms with Crippen LogP contribution in [0.4, 0.5) is 0 Å². The summed E-state index contributed by atoms with van der Waals surface area (Å²) >= 11 is 0. The normalized spacial score (nSPS) is 16.5. The van der Waals surface area contributed by atoms with E-state index in [0.29, 0.717) is 32.2 Å². The number of unbranched alkanes of at least 4 members (excludes halogenated alkanes) is 1. The number of amides is 3. The minimum atomic E-state index is -0.833. The molecule has 2 N–H and O–H groups in total. The summed E-state index contributed by atoms with van der Waals surface area (Å²) in [6.45, 7) is 4.23. The van der Waals surface area contributed by atoms with Crippen LogP contribution in [0.25, 0.3) is 0 Å². The number of carbonyl (C=O) groups is 4. The number of nitrogens with zero attached hydrogens (tertiary/aromatic N) is 1. The molecular formula is C29H37N3O5. The van der Waals surface area contributed by atoms with Crippen molar-refractivity contribution in [2.45, 2.75) is 64.1 Å². The summed E-state index contributed by atoms with van der Waals surface area (Å²) in [4.78, 5) is 52.0. The van der Waals surface area contributed by atoms with Gasteiger partial charge in [0.2, 0.25) is 17.7 Å². The SMILES string of the molecule is COC(=O)[C@@H](NC(=O)[C@H](Cc1ccccc1)NC(=O)CCCCN1C(=O)CC1c1ccccc1)C(C)C. The molecule has 2 aromatic carbocycles. The predicted octanol–water partition coefficient (Wildman–Crippen LogP) is 3.17. The van der Waals surface area contributed by atoms with Crippen LogP contribution < -0.4 is 10.6 Å². The van der Waals surface area contributed by atoms with Crippen LogP contribution in [0.1, 0.15) is 56.7 Å². The predicted molar refractivity (Wildman–Crippen MR) is 140 cm³/mol. The lowest BCUT2D eigenvalue weighted by Crippen LogP contribution is -2.54. The lowest BCUT2D eigenvalue weighted by molar-refractivity contribution is -0.147. The number of rotatable bonds is 13. The van der Waals surface area contributed by atoms with Crippen LogP contribution in [-0.2, 0) is 30.3 Å². The van der Waals surface area contributed by atoms with Gasteiger partial charge in [0.25, 0.3) is 0 Å². The topological polar surface area (TPSA) is 105 Å². The monoisotopic (exact) mass is 507 g/mol. The first-order valence-corrected chi connectivity index (χ1v) is 12.9. The summed E-state index contributed by atoms with van der Waals surface area (Å²) in [5.74, 6) is -1.25. The highest BCUT2D eigenvalue weighted by Gasteiger charge is 2.36. The molecule has 1 aliphatic rings. The Morgan fingerprint density at radius 2 is 1.62 bits per heavy atom. The largest absolute Gasteiger partial charge is 0.467 e. The van der Waals surface area contributed by atoms with Gasteiger partial charge in [-0.25, -0.2) is 4.79 Å². The van der Waals surface area contributed by atoms with Gasteiger partial charge >= 0.3 is 5.97 Å². The quantitative estimate of drug-likeness (QED) is 0.246. The van der Waals surface area contributed by atoms with Gasteiger partial charge in [0.15, 0.2) is 0 Å². The molecule has 0 aromatic heterocycles. The first-order chi connectivity index (χ1) is 17.8. The van der Waals surface area contributed by atoms with Gasteiger partial charge in [-0.15, -0.1) is 0 Å². The zero-order chi connectivity index (χ0) is 26.8. The van der Waals surface area contributed by atoms with E-state index < -0.39 is 24.0 Å². The van der Waals surface area contributed by atoms with E-state index in [1.807, 2.05) is 79.4 Å². The summed E-state index contributed by atoms with van der Waals surface area (Å²) < 4.78 is 4.83. The van der Waals surface area contributed by atoms with E-state index in [4.69, 9.17) is 4.74 Å². The molecule has 0 spiro atoms. The zero-order valence-corrected chi connectivity index (χ0v) is 21.8. The number of ether oxygens (including phenoxy) is 1. The second kappa shape index (κ2) is 13.6.